The molecule has 2 heterocycles. The Morgan fingerprint density at radius 2 is 2.14 bits per heavy atom. The van der Waals surface area contributed by atoms with Crippen LogP contribution in [0.15, 0.2) is 21.2 Å². The van der Waals surface area contributed by atoms with Crippen LogP contribution in [-0.2, 0) is 0 Å². The van der Waals surface area contributed by atoms with Gasteiger partial charge in [-0.3, -0.25) is 0 Å². The maximum atomic E-state index is 11.5. The molecule has 2 aromatic heterocycles. The van der Waals surface area contributed by atoms with Crippen molar-refractivity contribution in [1.82, 2.24) is 0 Å². The van der Waals surface area contributed by atoms with E-state index < -0.39 is 0 Å². The summed E-state index contributed by atoms with van der Waals surface area (Å²) in [5.74, 6) is 1.06. The smallest absolute Gasteiger partial charge is 0.393 e. The fraction of sp³-hybridized carbons (Fsp3) is 0.222. The summed E-state index contributed by atoms with van der Waals surface area (Å²) in [5, 5.41) is 15.3. The molecule has 76 valence electrons. The standard InChI is InChI=1S/C9H9NO2S.ClH/c1-6-7(2)12-9(10(6)11)8-3-4-13-5-8;/h3-5H,1-2H3;1H. The number of aryl methyl sites for hydroxylation is 1. The molecule has 0 amide bonds. The van der Waals surface area contributed by atoms with Gasteiger partial charge < -0.3 is 9.62 Å². The molecule has 0 fully saturated rings. The van der Waals surface area contributed by atoms with Crippen molar-refractivity contribution < 1.29 is 9.15 Å². The molecule has 2 rings (SSSR count). The summed E-state index contributed by atoms with van der Waals surface area (Å²) in [5.41, 5.74) is 1.47. The van der Waals surface area contributed by atoms with Gasteiger partial charge >= 0.3 is 5.89 Å². The molecular formula is C9H10ClNO2S. The molecule has 0 radical (unpaired) electrons. The Hall–Kier alpha value is -1.00. The number of hydrogen-bond acceptors (Lipinski definition) is 3. The predicted octanol–water partition coefficient (Wildman–Crippen LogP) is 2.68. The van der Waals surface area contributed by atoms with Crippen LogP contribution in [0.4, 0.5) is 0 Å². The molecule has 0 N–H and O–H groups in total. The van der Waals surface area contributed by atoms with Crippen molar-refractivity contribution >= 4 is 23.7 Å². The van der Waals surface area contributed by atoms with Crippen molar-refractivity contribution in [1.29, 1.82) is 0 Å². The summed E-state index contributed by atoms with van der Waals surface area (Å²) < 4.78 is 6.18. The molecule has 0 aliphatic heterocycles. The highest BCUT2D eigenvalue weighted by atomic mass is 35.5. The summed E-state index contributed by atoms with van der Waals surface area (Å²) in [6.07, 6.45) is 0. The summed E-state index contributed by atoms with van der Waals surface area (Å²) in [7, 11) is 0. The molecule has 3 nitrogen and oxygen atoms in total. The highest BCUT2D eigenvalue weighted by molar-refractivity contribution is 7.08. The Labute approximate surface area is 92.0 Å². The Balaban J connectivity index is 0.000000980. The van der Waals surface area contributed by atoms with Gasteiger partial charge in [0.2, 0.25) is 5.69 Å². The zero-order valence-electron chi connectivity index (χ0n) is 7.81. The molecule has 0 saturated heterocycles. The van der Waals surface area contributed by atoms with Crippen LogP contribution in [-0.4, -0.2) is 0 Å². The maximum Gasteiger partial charge on any atom is 0.393 e. The van der Waals surface area contributed by atoms with E-state index in [9.17, 15) is 5.21 Å². The fourth-order valence-corrected chi connectivity index (χ4v) is 1.75. The molecule has 2 aromatic rings. The molecule has 5 heteroatoms. The van der Waals surface area contributed by atoms with E-state index in [1.54, 1.807) is 25.2 Å². The molecule has 0 saturated carbocycles. The number of hydrogen-bond donors (Lipinski definition) is 0. The lowest BCUT2D eigenvalue weighted by atomic mass is 10.3. The van der Waals surface area contributed by atoms with Gasteiger partial charge in [0.1, 0.15) is 0 Å². The number of oxazole rings is 1. The van der Waals surface area contributed by atoms with E-state index >= 15 is 0 Å². The van der Waals surface area contributed by atoms with Crippen LogP contribution in [0.3, 0.4) is 0 Å². The van der Waals surface area contributed by atoms with Gasteiger partial charge in [0, 0.05) is 19.2 Å². The Bertz CT molecular complexity index is 422. The predicted molar refractivity (Wildman–Crippen MR) is 57.7 cm³/mol. The number of rotatable bonds is 1. The molecular weight excluding hydrogens is 222 g/mol. The molecule has 0 aromatic carbocycles. The van der Waals surface area contributed by atoms with E-state index in [2.05, 4.69) is 0 Å². The summed E-state index contributed by atoms with van der Waals surface area (Å²) in [6.45, 7) is 3.54. The number of nitrogens with zero attached hydrogens (tertiary/aromatic N) is 1. The van der Waals surface area contributed by atoms with Gasteiger partial charge in [-0.2, -0.15) is 11.3 Å². The van der Waals surface area contributed by atoms with Gasteiger partial charge in [-0.05, 0) is 11.4 Å². The number of aromatic nitrogens is 1. The first-order valence-electron chi connectivity index (χ1n) is 3.92. The first kappa shape index (κ1) is 11.1. The second-order valence-electron chi connectivity index (χ2n) is 2.86. The van der Waals surface area contributed by atoms with Crippen molar-refractivity contribution in [2.45, 2.75) is 13.8 Å². The van der Waals surface area contributed by atoms with Gasteiger partial charge in [-0.1, -0.05) is 0 Å². The van der Waals surface area contributed by atoms with E-state index in [0.29, 0.717) is 17.3 Å². The summed E-state index contributed by atoms with van der Waals surface area (Å²) >= 11 is 1.55. The maximum absolute atomic E-state index is 11.5. The third kappa shape index (κ3) is 1.63. The second kappa shape index (κ2) is 4.02. The average Bonchev–Trinajstić information content (AvgIpc) is 2.70. The van der Waals surface area contributed by atoms with Crippen LogP contribution in [0, 0.1) is 19.1 Å². The largest absolute Gasteiger partial charge is 0.616 e. The third-order valence-corrected chi connectivity index (χ3v) is 2.70. The van der Waals surface area contributed by atoms with Crippen molar-refractivity contribution in [3.63, 3.8) is 0 Å². The molecule has 0 atom stereocenters. The first-order valence-corrected chi connectivity index (χ1v) is 4.86. The molecule has 0 unspecified atom stereocenters. The van der Waals surface area contributed by atoms with Crippen molar-refractivity contribution in [3.05, 3.63) is 33.5 Å². The van der Waals surface area contributed by atoms with Crippen molar-refractivity contribution in [2.75, 3.05) is 0 Å². The lowest BCUT2D eigenvalue weighted by Gasteiger charge is -1.93. The second-order valence-corrected chi connectivity index (χ2v) is 3.64. The zero-order chi connectivity index (χ0) is 9.42. The molecule has 0 bridgehead atoms. The zero-order valence-corrected chi connectivity index (χ0v) is 9.45. The molecule has 0 aliphatic rings. The lowest BCUT2D eigenvalue weighted by Crippen LogP contribution is -2.29. The third-order valence-electron chi connectivity index (χ3n) is 2.02. The van der Waals surface area contributed by atoms with Gasteiger partial charge in [-0.25, -0.2) is 0 Å². The van der Waals surface area contributed by atoms with E-state index in [4.69, 9.17) is 4.42 Å². The van der Waals surface area contributed by atoms with Crippen LogP contribution < -0.4 is 4.73 Å². The number of thiophene rings is 1. The molecule has 0 aliphatic carbocycles. The summed E-state index contributed by atoms with van der Waals surface area (Å²) in [4.78, 5) is 0. The minimum atomic E-state index is 0. The van der Waals surface area contributed by atoms with Gasteiger partial charge in [0.05, 0.1) is 5.56 Å². The van der Waals surface area contributed by atoms with E-state index in [1.165, 1.54) is 0 Å². The van der Waals surface area contributed by atoms with E-state index in [0.717, 1.165) is 10.3 Å². The lowest BCUT2D eigenvalue weighted by molar-refractivity contribution is -0.602. The quantitative estimate of drug-likeness (QED) is 0.559. The Morgan fingerprint density at radius 3 is 2.57 bits per heavy atom. The van der Waals surface area contributed by atoms with Crippen LogP contribution in [0.1, 0.15) is 11.5 Å². The van der Waals surface area contributed by atoms with Crippen molar-refractivity contribution in [3.8, 4) is 11.5 Å². The van der Waals surface area contributed by atoms with Crippen LogP contribution >= 0.6 is 23.7 Å². The van der Waals surface area contributed by atoms with Crippen molar-refractivity contribution in [2.24, 2.45) is 0 Å². The average molecular weight is 232 g/mol. The normalized spacial score (nSPS) is 9.86. The monoisotopic (exact) mass is 231 g/mol. The van der Waals surface area contributed by atoms with E-state index in [1.807, 2.05) is 16.8 Å². The minimum Gasteiger partial charge on any atom is -0.616 e. The highest BCUT2D eigenvalue weighted by Gasteiger charge is 2.20. The van der Waals surface area contributed by atoms with Gasteiger partial charge in [0.15, 0.2) is 5.76 Å². The Kier molecular flexibility index (Phi) is 3.18. The minimum absolute atomic E-state index is 0. The van der Waals surface area contributed by atoms with Gasteiger partial charge in [-0.15, -0.1) is 17.1 Å². The number of halogens is 1. The van der Waals surface area contributed by atoms with Crippen LogP contribution in [0.5, 0.6) is 0 Å². The summed E-state index contributed by atoms with van der Waals surface area (Å²) in [6, 6.07) is 1.87. The van der Waals surface area contributed by atoms with Gasteiger partial charge in [0.25, 0.3) is 0 Å². The van der Waals surface area contributed by atoms with Crippen LogP contribution in [0.25, 0.3) is 11.5 Å². The SMILES string of the molecule is Cc1oc(-c2ccsc2)[n+]([O-])c1C.Cl. The fourth-order valence-electron chi connectivity index (χ4n) is 1.12. The van der Waals surface area contributed by atoms with Crippen LogP contribution in [0.2, 0.25) is 0 Å². The molecule has 14 heavy (non-hydrogen) atoms. The highest BCUT2D eigenvalue weighted by Crippen LogP contribution is 2.21. The Morgan fingerprint density at radius 1 is 1.43 bits per heavy atom. The van der Waals surface area contributed by atoms with E-state index in [-0.39, 0.29) is 12.4 Å². The molecule has 0 spiro atoms. The topological polar surface area (TPSA) is 40.1 Å². The first-order chi connectivity index (χ1) is 6.20.